The van der Waals surface area contributed by atoms with Crippen LogP contribution in [-0.2, 0) is 28.6 Å². The molecule has 0 saturated carbocycles. The van der Waals surface area contributed by atoms with Gasteiger partial charge >= 0.3 is 17.9 Å². The van der Waals surface area contributed by atoms with Crippen molar-refractivity contribution in [2.75, 3.05) is 13.2 Å². The Labute approximate surface area is 431 Å². The highest BCUT2D eigenvalue weighted by Gasteiger charge is 2.19. The number of unbranched alkanes of at least 4 members (excludes halogenated alkanes) is 22. The Bertz CT molecular complexity index is 1440. The molecule has 0 radical (unpaired) electrons. The first-order valence-corrected chi connectivity index (χ1v) is 28.9. The summed E-state index contributed by atoms with van der Waals surface area (Å²) in [6, 6.07) is 0. The van der Waals surface area contributed by atoms with Gasteiger partial charge in [-0.2, -0.15) is 0 Å². The molecule has 0 aliphatic carbocycles. The Balaban J connectivity index is 4.49. The van der Waals surface area contributed by atoms with Crippen LogP contribution in [0, 0.1) is 0 Å². The molecule has 0 aliphatic rings. The molecule has 0 aromatic carbocycles. The molecule has 6 heteroatoms. The van der Waals surface area contributed by atoms with Gasteiger partial charge in [0.25, 0.3) is 0 Å². The number of rotatable bonds is 51. The Morgan fingerprint density at radius 2 is 0.586 bits per heavy atom. The monoisotopic (exact) mass is 971 g/mol. The third-order valence-electron chi connectivity index (χ3n) is 12.0. The Morgan fingerprint density at radius 3 is 0.957 bits per heavy atom. The van der Waals surface area contributed by atoms with E-state index in [0.717, 1.165) is 109 Å². The van der Waals surface area contributed by atoms with Gasteiger partial charge in [0, 0.05) is 19.3 Å². The van der Waals surface area contributed by atoms with Crippen LogP contribution < -0.4 is 0 Å². The molecule has 0 aromatic heterocycles. The number of allylic oxidation sites excluding steroid dienone is 18. The third kappa shape index (κ3) is 55.0. The van der Waals surface area contributed by atoms with E-state index in [0.29, 0.717) is 19.3 Å². The number of ether oxygens (including phenoxy) is 3. The first-order chi connectivity index (χ1) is 34.5. The van der Waals surface area contributed by atoms with Crippen LogP contribution in [0.15, 0.2) is 109 Å². The van der Waals surface area contributed by atoms with Gasteiger partial charge in [0.1, 0.15) is 13.2 Å². The lowest BCUT2D eigenvalue weighted by molar-refractivity contribution is -0.166. The summed E-state index contributed by atoms with van der Waals surface area (Å²) in [6.45, 7) is 6.35. The van der Waals surface area contributed by atoms with Crippen molar-refractivity contribution < 1.29 is 28.6 Å². The van der Waals surface area contributed by atoms with E-state index in [1.807, 2.05) is 6.08 Å². The van der Waals surface area contributed by atoms with E-state index in [4.69, 9.17) is 14.2 Å². The molecule has 0 amide bonds. The zero-order valence-corrected chi connectivity index (χ0v) is 45.5. The second kappa shape index (κ2) is 57.6. The highest BCUT2D eigenvalue weighted by Crippen LogP contribution is 2.16. The van der Waals surface area contributed by atoms with Gasteiger partial charge < -0.3 is 14.2 Å². The minimum absolute atomic E-state index is 0.108. The number of carbonyl (C=O) groups excluding carboxylic acids is 3. The van der Waals surface area contributed by atoms with Crippen LogP contribution in [0.5, 0.6) is 0 Å². The molecule has 0 heterocycles. The molecule has 0 saturated heterocycles. The Hall–Kier alpha value is -3.93. The Kier molecular flexibility index (Phi) is 54.4. The SMILES string of the molecule is CC/C=C\C/C=C\C/C=C\C/C=C\C/C=C\CCC(=O)OCC(COC(=O)CCCCCCCC/C=C\C/C=C\C/C=C\C/C=C\CC)OC(=O)CCCCCCCCCCCCCCCCCCC. The van der Waals surface area contributed by atoms with E-state index in [1.54, 1.807) is 0 Å². The van der Waals surface area contributed by atoms with Gasteiger partial charge in [-0.1, -0.05) is 259 Å². The summed E-state index contributed by atoms with van der Waals surface area (Å²) in [7, 11) is 0. The summed E-state index contributed by atoms with van der Waals surface area (Å²) in [5.74, 6) is -1.00. The van der Waals surface area contributed by atoms with Gasteiger partial charge in [-0.05, 0) is 89.9 Å². The maximum Gasteiger partial charge on any atom is 0.306 e. The van der Waals surface area contributed by atoms with E-state index < -0.39 is 6.10 Å². The highest BCUT2D eigenvalue weighted by molar-refractivity contribution is 5.71. The molecule has 0 bridgehead atoms. The largest absolute Gasteiger partial charge is 0.462 e. The van der Waals surface area contributed by atoms with Crippen molar-refractivity contribution in [1.29, 1.82) is 0 Å². The van der Waals surface area contributed by atoms with Crippen LogP contribution in [0.3, 0.4) is 0 Å². The fourth-order valence-corrected chi connectivity index (χ4v) is 7.78. The lowest BCUT2D eigenvalue weighted by Gasteiger charge is -2.18. The molecule has 0 aliphatic heterocycles. The molecule has 6 nitrogen and oxygen atoms in total. The standard InChI is InChI=1S/C64H106O6/c1-4-7-10-13-16-19-22-25-28-31-32-34-36-39-42-45-48-51-54-57-63(66)69-60-61(59-68-62(65)56-53-50-47-44-41-38-35-30-27-24-21-18-15-12-9-6-3)70-64(67)58-55-52-49-46-43-40-37-33-29-26-23-20-17-14-11-8-5-2/h7,9-10,12,16,18-19,21,25,27-28,30,32,34,38,41,47,50,61H,4-6,8,11,13-15,17,20,22-24,26,29,31,33,35-37,39-40,42-46,48-49,51-60H2,1-3H3/b10-7-,12-9-,19-16-,21-18-,28-25-,30-27-,34-32-,41-38-,50-47-. The van der Waals surface area contributed by atoms with Gasteiger partial charge in [-0.25, -0.2) is 0 Å². The van der Waals surface area contributed by atoms with Crippen LogP contribution in [0.25, 0.3) is 0 Å². The molecule has 1 unspecified atom stereocenters. The van der Waals surface area contributed by atoms with Gasteiger partial charge in [0.2, 0.25) is 0 Å². The van der Waals surface area contributed by atoms with Crippen LogP contribution >= 0.6 is 0 Å². The first kappa shape index (κ1) is 66.1. The maximum absolute atomic E-state index is 12.9. The lowest BCUT2D eigenvalue weighted by atomic mass is 10.0. The minimum atomic E-state index is -0.815. The second-order valence-electron chi connectivity index (χ2n) is 18.8. The van der Waals surface area contributed by atoms with Gasteiger partial charge in [-0.3, -0.25) is 14.4 Å². The van der Waals surface area contributed by atoms with Crippen molar-refractivity contribution in [3.63, 3.8) is 0 Å². The Morgan fingerprint density at radius 1 is 0.300 bits per heavy atom. The fourth-order valence-electron chi connectivity index (χ4n) is 7.78. The van der Waals surface area contributed by atoms with Crippen LogP contribution in [-0.4, -0.2) is 37.2 Å². The normalized spacial score (nSPS) is 12.9. The molecular weight excluding hydrogens is 865 g/mol. The first-order valence-electron chi connectivity index (χ1n) is 28.9. The smallest absolute Gasteiger partial charge is 0.306 e. The highest BCUT2D eigenvalue weighted by atomic mass is 16.6. The zero-order valence-electron chi connectivity index (χ0n) is 45.5. The number of esters is 3. The number of carbonyl (C=O) groups is 3. The molecule has 0 fully saturated rings. The molecule has 398 valence electrons. The second-order valence-corrected chi connectivity index (χ2v) is 18.8. The number of hydrogen-bond acceptors (Lipinski definition) is 6. The van der Waals surface area contributed by atoms with E-state index in [1.165, 1.54) is 103 Å². The van der Waals surface area contributed by atoms with Crippen molar-refractivity contribution >= 4 is 17.9 Å². The van der Waals surface area contributed by atoms with Crippen molar-refractivity contribution in [3.05, 3.63) is 109 Å². The van der Waals surface area contributed by atoms with Crippen molar-refractivity contribution in [3.8, 4) is 0 Å². The summed E-state index contributed by atoms with van der Waals surface area (Å²) >= 11 is 0. The minimum Gasteiger partial charge on any atom is -0.462 e. The van der Waals surface area contributed by atoms with Crippen molar-refractivity contribution in [2.24, 2.45) is 0 Å². The van der Waals surface area contributed by atoms with E-state index in [-0.39, 0.29) is 37.5 Å². The van der Waals surface area contributed by atoms with Crippen LogP contribution in [0.1, 0.15) is 258 Å². The van der Waals surface area contributed by atoms with Crippen LogP contribution in [0.2, 0.25) is 0 Å². The molecule has 0 aromatic rings. The molecule has 70 heavy (non-hydrogen) atoms. The topological polar surface area (TPSA) is 78.9 Å². The maximum atomic E-state index is 12.9. The zero-order chi connectivity index (χ0) is 50.7. The summed E-state index contributed by atoms with van der Waals surface area (Å²) < 4.78 is 16.8. The summed E-state index contributed by atoms with van der Waals surface area (Å²) in [6.07, 6.45) is 78.0. The molecule has 0 rings (SSSR count). The predicted molar refractivity (Wildman–Crippen MR) is 302 cm³/mol. The molecular formula is C64H106O6. The predicted octanol–water partition coefficient (Wildman–Crippen LogP) is 19.5. The fraction of sp³-hybridized carbons (Fsp3) is 0.672. The van der Waals surface area contributed by atoms with Gasteiger partial charge in [0.05, 0.1) is 0 Å². The quantitative estimate of drug-likeness (QED) is 0.0262. The number of hydrogen-bond donors (Lipinski definition) is 0. The summed E-state index contributed by atoms with van der Waals surface area (Å²) in [5, 5.41) is 0. The van der Waals surface area contributed by atoms with E-state index >= 15 is 0 Å². The lowest BCUT2D eigenvalue weighted by Crippen LogP contribution is -2.30. The molecule has 0 N–H and O–H groups in total. The van der Waals surface area contributed by atoms with Crippen LogP contribution in [0.4, 0.5) is 0 Å². The summed E-state index contributed by atoms with van der Waals surface area (Å²) in [4.78, 5) is 38.2. The van der Waals surface area contributed by atoms with Crippen molar-refractivity contribution in [1.82, 2.24) is 0 Å². The van der Waals surface area contributed by atoms with Crippen molar-refractivity contribution in [2.45, 2.75) is 264 Å². The van der Waals surface area contributed by atoms with Gasteiger partial charge in [0.15, 0.2) is 6.10 Å². The third-order valence-corrected chi connectivity index (χ3v) is 12.0. The average Bonchev–Trinajstić information content (AvgIpc) is 3.36. The van der Waals surface area contributed by atoms with Gasteiger partial charge in [-0.15, -0.1) is 0 Å². The van der Waals surface area contributed by atoms with E-state index in [9.17, 15) is 14.4 Å². The summed E-state index contributed by atoms with van der Waals surface area (Å²) in [5.41, 5.74) is 0. The molecule has 1 atom stereocenters. The average molecular weight is 972 g/mol. The molecule has 0 spiro atoms. The van der Waals surface area contributed by atoms with E-state index in [2.05, 4.69) is 124 Å².